The number of pyridine rings is 1. The first-order chi connectivity index (χ1) is 9.51. The summed E-state index contributed by atoms with van der Waals surface area (Å²) in [5.74, 6) is -0.241. The molecule has 0 aliphatic rings. The summed E-state index contributed by atoms with van der Waals surface area (Å²) in [5.41, 5.74) is 4.77. The summed E-state index contributed by atoms with van der Waals surface area (Å²) < 4.78 is 0. The zero-order valence-electron chi connectivity index (χ0n) is 11.7. The van der Waals surface area contributed by atoms with Crippen LogP contribution in [0.1, 0.15) is 32.7 Å². The molecule has 0 bridgehead atoms. The second-order valence-electron chi connectivity index (χ2n) is 4.75. The van der Waals surface area contributed by atoms with Gasteiger partial charge < -0.3 is 5.32 Å². The van der Waals surface area contributed by atoms with E-state index in [0.29, 0.717) is 5.56 Å². The molecule has 0 radical (unpaired) electrons. The number of hydrogen-bond acceptors (Lipinski definition) is 3. The molecule has 0 aliphatic carbocycles. The molecule has 20 heavy (non-hydrogen) atoms. The maximum atomic E-state index is 12.2. The largest absolute Gasteiger partial charge is 0.322 e. The molecule has 0 unspecified atom stereocenters. The maximum Gasteiger partial charge on any atom is 0.255 e. The van der Waals surface area contributed by atoms with Gasteiger partial charge in [-0.3, -0.25) is 4.79 Å². The topological polar surface area (TPSA) is 65.8 Å². The third kappa shape index (κ3) is 2.83. The van der Waals surface area contributed by atoms with Gasteiger partial charge in [-0.1, -0.05) is 6.07 Å². The molecule has 1 aromatic heterocycles. The van der Waals surface area contributed by atoms with Crippen molar-refractivity contribution in [1.82, 2.24) is 4.98 Å². The van der Waals surface area contributed by atoms with E-state index in [2.05, 4.69) is 10.3 Å². The van der Waals surface area contributed by atoms with E-state index in [0.717, 1.165) is 16.8 Å². The standard InChI is InChI=1S/C16H15N3O/c1-10-6-12(3)15(7-11(10)2)19-16(20)13-4-5-18-14(8-13)9-17/h4-8H,1-3H3,(H,19,20). The van der Waals surface area contributed by atoms with E-state index in [1.54, 1.807) is 6.07 Å². The number of nitriles is 1. The summed E-state index contributed by atoms with van der Waals surface area (Å²) in [6, 6.07) is 8.98. The number of aryl methyl sites for hydroxylation is 3. The SMILES string of the molecule is Cc1cc(C)c(NC(=O)c2ccnc(C#N)c2)cc1C. The van der Waals surface area contributed by atoms with Gasteiger partial charge in [0.1, 0.15) is 11.8 Å². The van der Waals surface area contributed by atoms with Gasteiger partial charge in [0.25, 0.3) is 5.91 Å². The number of amides is 1. The smallest absolute Gasteiger partial charge is 0.255 e. The average Bonchev–Trinajstić information content (AvgIpc) is 2.44. The molecular formula is C16H15N3O. The lowest BCUT2D eigenvalue weighted by atomic mass is 10.0. The van der Waals surface area contributed by atoms with Crippen LogP contribution in [0.25, 0.3) is 0 Å². The number of anilines is 1. The van der Waals surface area contributed by atoms with Crippen molar-refractivity contribution in [2.45, 2.75) is 20.8 Å². The molecular weight excluding hydrogens is 250 g/mol. The zero-order valence-corrected chi connectivity index (χ0v) is 11.7. The predicted octanol–water partition coefficient (Wildman–Crippen LogP) is 3.13. The van der Waals surface area contributed by atoms with Crippen LogP contribution in [-0.2, 0) is 0 Å². The molecule has 1 heterocycles. The number of benzene rings is 1. The van der Waals surface area contributed by atoms with Gasteiger partial charge in [0.15, 0.2) is 0 Å². The quantitative estimate of drug-likeness (QED) is 0.907. The first kappa shape index (κ1) is 13.8. The van der Waals surface area contributed by atoms with Crippen LogP contribution in [0.5, 0.6) is 0 Å². The van der Waals surface area contributed by atoms with E-state index in [-0.39, 0.29) is 11.6 Å². The molecule has 0 aliphatic heterocycles. The highest BCUT2D eigenvalue weighted by Gasteiger charge is 2.09. The van der Waals surface area contributed by atoms with E-state index in [1.807, 2.05) is 39.0 Å². The van der Waals surface area contributed by atoms with Crippen molar-refractivity contribution in [2.24, 2.45) is 0 Å². The van der Waals surface area contributed by atoms with Crippen LogP contribution < -0.4 is 5.32 Å². The van der Waals surface area contributed by atoms with Gasteiger partial charge in [-0.25, -0.2) is 4.98 Å². The van der Waals surface area contributed by atoms with Crippen molar-refractivity contribution in [3.63, 3.8) is 0 Å². The molecule has 0 spiro atoms. The normalized spacial score (nSPS) is 9.90. The molecule has 0 atom stereocenters. The van der Waals surface area contributed by atoms with E-state index in [9.17, 15) is 4.79 Å². The highest BCUT2D eigenvalue weighted by molar-refractivity contribution is 6.04. The number of carbonyl (C=O) groups excluding carboxylic acids is 1. The van der Waals surface area contributed by atoms with Crippen molar-refractivity contribution < 1.29 is 4.79 Å². The van der Waals surface area contributed by atoms with Crippen LogP contribution in [-0.4, -0.2) is 10.9 Å². The lowest BCUT2D eigenvalue weighted by molar-refractivity contribution is 0.102. The Kier molecular flexibility index (Phi) is 3.81. The molecule has 4 nitrogen and oxygen atoms in total. The van der Waals surface area contributed by atoms with Crippen LogP contribution in [0.4, 0.5) is 5.69 Å². The monoisotopic (exact) mass is 265 g/mol. The molecule has 2 rings (SSSR count). The minimum absolute atomic E-state index is 0.231. The van der Waals surface area contributed by atoms with Crippen LogP contribution in [0.3, 0.4) is 0 Å². The molecule has 2 aromatic rings. The van der Waals surface area contributed by atoms with Crippen LogP contribution >= 0.6 is 0 Å². The fraction of sp³-hybridized carbons (Fsp3) is 0.188. The molecule has 0 saturated heterocycles. The zero-order chi connectivity index (χ0) is 14.7. The Morgan fingerprint density at radius 3 is 2.55 bits per heavy atom. The number of carbonyl (C=O) groups is 1. The number of aromatic nitrogens is 1. The Bertz CT molecular complexity index is 714. The third-order valence-electron chi connectivity index (χ3n) is 3.23. The maximum absolute atomic E-state index is 12.2. The molecule has 100 valence electrons. The second-order valence-corrected chi connectivity index (χ2v) is 4.75. The fourth-order valence-corrected chi connectivity index (χ4v) is 1.92. The summed E-state index contributed by atoms with van der Waals surface area (Å²) in [4.78, 5) is 16.0. The van der Waals surface area contributed by atoms with Gasteiger partial charge in [0.05, 0.1) is 0 Å². The van der Waals surface area contributed by atoms with Gasteiger partial charge in [0.2, 0.25) is 0 Å². The summed E-state index contributed by atoms with van der Waals surface area (Å²) in [6.45, 7) is 6.00. The average molecular weight is 265 g/mol. The third-order valence-corrected chi connectivity index (χ3v) is 3.23. The summed E-state index contributed by atoms with van der Waals surface area (Å²) in [6.07, 6.45) is 1.46. The van der Waals surface area contributed by atoms with Crippen molar-refractivity contribution >= 4 is 11.6 Å². The lowest BCUT2D eigenvalue weighted by Gasteiger charge is -2.11. The van der Waals surface area contributed by atoms with Crippen molar-refractivity contribution in [3.8, 4) is 6.07 Å². The highest BCUT2D eigenvalue weighted by Crippen LogP contribution is 2.20. The Hall–Kier alpha value is -2.67. The van der Waals surface area contributed by atoms with Crippen LogP contribution in [0, 0.1) is 32.1 Å². The fourth-order valence-electron chi connectivity index (χ4n) is 1.92. The van der Waals surface area contributed by atoms with Crippen LogP contribution in [0.2, 0.25) is 0 Å². The highest BCUT2D eigenvalue weighted by atomic mass is 16.1. The Labute approximate surface area is 118 Å². The van der Waals surface area contributed by atoms with Gasteiger partial charge >= 0.3 is 0 Å². The lowest BCUT2D eigenvalue weighted by Crippen LogP contribution is -2.13. The first-order valence-electron chi connectivity index (χ1n) is 6.26. The number of nitrogens with zero attached hydrogens (tertiary/aromatic N) is 2. The summed E-state index contributed by atoms with van der Waals surface area (Å²) in [5, 5.41) is 11.7. The Balaban J connectivity index is 2.28. The number of rotatable bonds is 2. The molecule has 0 saturated carbocycles. The molecule has 0 fully saturated rings. The molecule has 1 aromatic carbocycles. The summed E-state index contributed by atoms with van der Waals surface area (Å²) >= 11 is 0. The molecule has 1 amide bonds. The second kappa shape index (κ2) is 5.54. The van der Waals surface area contributed by atoms with Crippen LogP contribution in [0.15, 0.2) is 30.5 Å². The van der Waals surface area contributed by atoms with E-state index >= 15 is 0 Å². The van der Waals surface area contributed by atoms with Crippen molar-refractivity contribution in [1.29, 1.82) is 5.26 Å². The molecule has 4 heteroatoms. The summed E-state index contributed by atoms with van der Waals surface area (Å²) in [7, 11) is 0. The van der Waals surface area contributed by atoms with Gasteiger partial charge in [-0.05, 0) is 55.7 Å². The van der Waals surface area contributed by atoms with E-state index in [4.69, 9.17) is 5.26 Å². The van der Waals surface area contributed by atoms with Gasteiger partial charge in [-0.2, -0.15) is 5.26 Å². The number of nitrogens with one attached hydrogen (secondary N) is 1. The first-order valence-corrected chi connectivity index (χ1v) is 6.26. The van der Waals surface area contributed by atoms with Gasteiger partial charge in [-0.15, -0.1) is 0 Å². The number of hydrogen-bond donors (Lipinski definition) is 1. The van der Waals surface area contributed by atoms with E-state index < -0.39 is 0 Å². The minimum atomic E-state index is -0.241. The van der Waals surface area contributed by atoms with Gasteiger partial charge in [0, 0.05) is 17.4 Å². The minimum Gasteiger partial charge on any atom is -0.322 e. The molecule has 1 N–H and O–H groups in total. The Morgan fingerprint density at radius 2 is 1.85 bits per heavy atom. The Morgan fingerprint density at radius 1 is 1.15 bits per heavy atom. The van der Waals surface area contributed by atoms with Crippen molar-refractivity contribution in [3.05, 3.63) is 58.4 Å². The predicted molar refractivity (Wildman–Crippen MR) is 77.6 cm³/mol. The van der Waals surface area contributed by atoms with Crippen molar-refractivity contribution in [2.75, 3.05) is 5.32 Å². The van der Waals surface area contributed by atoms with E-state index in [1.165, 1.54) is 17.8 Å².